The summed E-state index contributed by atoms with van der Waals surface area (Å²) in [5, 5.41) is 2.88. The molecule has 21 heavy (non-hydrogen) atoms. The SMILES string of the molecule is CCCC(N)C(=O)NCCCN1CCC(C(=O)OC)CC1. The summed E-state index contributed by atoms with van der Waals surface area (Å²) in [5.41, 5.74) is 5.74. The summed E-state index contributed by atoms with van der Waals surface area (Å²) in [6.45, 7) is 5.46. The molecule has 0 radical (unpaired) electrons. The average molecular weight is 299 g/mol. The first-order valence-electron chi connectivity index (χ1n) is 7.92. The van der Waals surface area contributed by atoms with E-state index in [2.05, 4.69) is 10.2 Å². The molecule has 1 heterocycles. The van der Waals surface area contributed by atoms with Crippen molar-refractivity contribution in [3.8, 4) is 0 Å². The van der Waals surface area contributed by atoms with E-state index >= 15 is 0 Å². The standard InChI is InChI=1S/C15H29N3O3/c1-3-5-13(16)14(19)17-8-4-9-18-10-6-12(7-11-18)15(20)21-2/h12-13H,3-11,16H2,1-2H3,(H,17,19). The van der Waals surface area contributed by atoms with Crippen molar-refractivity contribution in [3.63, 3.8) is 0 Å². The average Bonchev–Trinajstić information content (AvgIpc) is 2.51. The maximum atomic E-state index is 11.6. The molecule has 6 heteroatoms. The monoisotopic (exact) mass is 299 g/mol. The summed E-state index contributed by atoms with van der Waals surface area (Å²) in [4.78, 5) is 25.4. The van der Waals surface area contributed by atoms with E-state index in [4.69, 9.17) is 10.5 Å². The molecule has 1 fully saturated rings. The van der Waals surface area contributed by atoms with Gasteiger partial charge in [-0.25, -0.2) is 0 Å². The molecule has 1 aliphatic heterocycles. The van der Waals surface area contributed by atoms with Crippen LogP contribution in [0.15, 0.2) is 0 Å². The number of nitrogens with zero attached hydrogens (tertiary/aromatic N) is 1. The first-order valence-corrected chi connectivity index (χ1v) is 7.92. The van der Waals surface area contributed by atoms with Gasteiger partial charge in [0.1, 0.15) is 0 Å². The fourth-order valence-electron chi connectivity index (χ4n) is 2.65. The molecular formula is C15H29N3O3. The van der Waals surface area contributed by atoms with E-state index in [9.17, 15) is 9.59 Å². The van der Waals surface area contributed by atoms with Gasteiger partial charge in [-0.2, -0.15) is 0 Å². The molecule has 1 atom stereocenters. The number of carbonyl (C=O) groups excluding carboxylic acids is 2. The van der Waals surface area contributed by atoms with Crippen LogP contribution in [0.2, 0.25) is 0 Å². The number of nitrogens with two attached hydrogens (primary N) is 1. The van der Waals surface area contributed by atoms with Crippen LogP contribution in [0.5, 0.6) is 0 Å². The zero-order valence-electron chi connectivity index (χ0n) is 13.3. The third-order valence-electron chi connectivity index (χ3n) is 4.01. The number of amides is 1. The topological polar surface area (TPSA) is 84.7 Å². The van der Waals surface area contributed by atoms with E-state index in [0.29, 0.717) is 6.54 Å². The molecule has 0 aromatic rings. The Hall–Kier alpha value is -1.14. The number of carbonyl (C=O) groups is 2. The molecule has 1 amide bonds. The first-order chi connectivity index (χ1) is 10.1. The fraction of sp³-hybridized carbons (Fsp3) is 0.867. The number of ether oxygens (including phenoxy) is 1. The van der Waals surface area contributed by atoms with Crippen LogP contribution in [-0.4, -0.2) is 56.1 Å². The molecule has 0 aromatic carbocycles. The van der Waals surface area contributed by atoms with Crippen molar-refractivity contribution in [1.82, 2.24) is 10.2 Å². The summed E-state index contributed by atoms with van der Waals surface area (Å²) in [5.74, 6) is -0.0916. The highest BCUT2D eigenvalue weighted by Gasteiger charge is 2.25. The van der Waals surface area contributed by atoms with E-state index in [1.807, 2.05) is 6.92 Å². The summed E-state index contributed by atoms with van der Waals surface area (Å²) in [6, 6.07) is -0.384. The number of hydrogen-bond donors (Lipinski definition) is 2. The van der Waals surface area contributed by atoms with Gasteiger partial charge in [0.25, 0.3) is 0 Å². The van der Waals surface area contributed by atoms with Crippen molar-refractivity contribution in [2.75, 3.05) is 33.3 Å². The van der Waals surface area contributed by atoms with Gasteiger partial charge < -0.3 is 20.7 Å². The largest absolute Gasteiger partial charge is 0.469 e. The fourth-order valence-corrected chi connectivity index (χ4v) is 2.65. The molecule has 122 valence electrons. The zero-order valence-corrected chi connectivity index (χ0v) is 13.3. The molecule has 6 nitrogen and oxygen atoms in total. The van der Waals surface area contributed by atoms with Gasteiger partial charge in [-0.3, -0.25) is 9.59 Å². The number of hydrogen-bond acceptors (Lipinski definition) is 5. The minimum atomic E-state index is -0.384. The van der Waals surface area contributed by atoms with Crippen LogP contribution in [0.3, 0.4) is 0 Å². The van der Waals surface area contributed by atoms with E-state index in [0.717, 1.165) is 51.7 Å². The summed E-state index contributed by atoms with van der Waals surface area (Å²) < 4.78 is 4.78. The minimum absolute atomic E-state index is 0.0537. The van der Waals surface area contributed by atoms with Crippen LogP contribution in [-0.2, 0) is 14.3 Å². The number of likely N-dealkylation sites (tertiary alicyclic amines) is 1. The number of esters is 1. The third-order valence-corrected chi connectivity index (χ3v) is 4.01. The molecular weight excluding hydrogens is 270 g/mol. The van der Waals surface area contributed by atoms with Gasteiger partial charge in [0.05, 0.1) is 19.1 Å². The highest BCUT2D eigenvalue weighted by atomic mass is 16.5. The smallest absolute Gasteiger partial charge is 0.308 e. The summed E-state index contributed by atoms with van der Waals surface area (Å²) >= 11 is 0. The molecule has 0 aromatic heterocycles. The van der Waals surface area contributed by atoms with E-state index in [-0.39, 0.29) is 23.8 Å². The predicted octanol–water partition coefficient (Wildman–Crippen LogP) is 0.505. The van der Waals surface area contributed by atoms with Gasteiger partial charge in [0.2, 0.25) is 5.91 Å². The molecule has 0 bridgehead atoms. The van der Waals surface area contributed by atoms with Crippen molar-refractivity contribution < 1.29 is 14.3 Å². The van der Waals surface area contributed by atoms with E-state index in [1.165, 1.54) is 7.11 Å². The predicted molar refractivity (Wildman–Crippen MR) is 81.7 cm³/mol. The van der Waals surface area contributed by atoms with Gasteiger partial charge in [0, 0.05) is 6.54 Å². The molecule has 1 unspecified atom stereocenters. The number of piperidine rings is 1. The van der Waals surface area contributed by atoms with Gasteiger partial charge in [-0.05, 0) is 45.3 Å². The second kappa shape index (κ2) is 9.73. The van der Waals surface area contributed by atoms with Crippen molar-refractivity contribution in [3.05, 3.63) is 0 Å². The second-order valence-corrected chi connectivity index (χ2v) is 5.68. The molecule has 0 aliphatic carbocycles. The summed E-state index contributed by atoms with van der Waals surface area (Å²) in [6.07, 6.45) is 4.28. The quantitative estimate of drug-likeness (QED) is 0.504. The maximum absolute atomic E-state index is 11.6. The van der Waals surface area contributed by atoms with Crippen LogP contribution in [0.25, 0.3) is 0 Å². The Labute approximate surface area is 127 Å². The Kier molecular flexibility index (Phi) is 8.30. The second-order valence-electron chi connectivity index (χ2n) is 5.68. The molecule has 1 saturated heterocycles. The molecule has 1 rings (SSSR count). The Morgan fingerprint density at radius 3 is 2.62 bits per heavy atom. The van der Waals surface area contributed by atoms with E-state index < -0.39 is 0 Å². The summed E-state index contributed by atoms with van der Waals surface area (Å²) in [7, 11) is 1.45. The Balaban J connectivity index is 2.09. The maximum Gasteiger partial charge on any atom is 0.308 e. The minimum Gasteiger partial charge on any atom is -0.469 e. The molecule has 0 spiro atoms. The Morgan fingerprint density at radius 2 is 2.05 bits per heavy atom. The number of rotatable bonds is 8. The molecule has 0 saturated carbocycles. The number of nitrogens with one attached hydrogen (secondary N) is 1. The van der Waals surface area contributed by atoms with Crippen LogP contribution in [0, 0.1) is 5.92 Å². The molecule has 1 aliphatic rings. The highest BCUT2D eigenvalue weighted by molar-refractivity contribution is 5.81. The van der Waals surface area contributed by atoms with Crippen LogP contribution in [0.1, 0.15) is 39.0 Å². The van der Waals surface area contributed by atoms with Crippen LogP contribution < -0.4 is 11.1 Å². The lowest BCUT2D eigenvalue weighted by molar-refractivity contribution is -0.147. The van der Waals surface area contributed by atoms with E-state index in [1.54, 1.807) is 0 Å². The Morgan fingerprint density at radius 1 is 1.38 bits per heavy atom. The van der Waals surface area contributed by atoms with Crippen molar-refractivity contribution in [1.29, 1.82) is 0 Å². The van der Waals surface area contributed by atoms with Gasteiger partial charge in [0.15, 0.2) is 0 Å². The van der Waals surface area contributed by atoms with Crippen molar-refractivity contribution >= 4 is 11.9 Å². The lowest BCUT2D eigenvalue weighted by atomic mass is 9.97. The third kappa shape index (κ3) is 6.44. The molecule has 3 N–H and O–H groups in total. The first kappa shape index (κ1) is 17.9. The van der Waals surface area contributed by atoms with Gasteiger partial charge >= 0.3 is 5.97 Å². The number of methoxy groups -OCH3 is 1. The van der Waals surface area contributed by atoms with Crippen LogP contribution in [0.4, 0.5) is 0 Å². The lowest BCUT2D eigenvalue weighted by Crippen LogP contribution is -2.42. The van der Waals surface area contributed by atoms with Crippen LogP contribution >= 0.6 is 0 Å². The lowest BCUT2D eigenvalue weighted by Gasteiger charge is -2.30. The Bertz CT molecular complexity index is 328. The van der Waals surface area contributed by atoms with Crippen molar-refractivity contribution in [2.24, 2.45) is 11.7 Å². The van der Waals surface area contributed by atoms with Crippen molar-refractivity contribution in [2.45, 2.75) is 45.1 Å². The zero-order chi connectivity index (χ0) is 15.7. The highest BCUT2D eigenvalue weighted by Crippen LogP contribution is 2.18. The normalized spacial score (nSPS) is 18.2. The van der Waals surface area contributed by atoms with Gasteiger partial charge in [-0.15, -0.1) is 0 Å². The van der Waals surface area contributed by atoms with Gasteiger partial charge in [-0.1, -0.05) is 13.3 Å².